The number of phenolic OH excluding ortho intramolecular Hbond substituents is 1. The van der Waals surface area contributed by atoms with Crippen molar-refractivity contribution >= 4 is 11.6 Å². The van der Waals surface area contributed by atoms with Crippen molar-refractivity contribution in [3.8, 4) is 11.5 Å². The predicted molar refractivity (Wildman–Crippen MR) is 78.5 cm³/mol. The third-order valence-electron chi connectivity index (χ3n) is 3.18. The monoisotopic (exact) mass is 271 g/mol. The first kappa shape index (κ1) is 13.9. The zero-order valence-corrected chi connectivity index (χ0v) is 11.7. The van der Waals surface area contributed by atoms with Gasteiger partial charge in [-0.3, -0.25) is 4.79 Å². The average molecular weight is 271 g/mol. The molecule has 20 heavy (non-hydrogen) atoms. The molecule has 2 N–H and O–H groups in total. The molecule has 0 aliphatic rings. The highest BCUT2D eigenvalue weighted by atomic mass is 16.5. The third-order valence-corrected chi connectivity index (χ3v) is 3.18. The molecular formula is C16H17NO3. The summed E-state index contributed by atoms with van der Waals surface area (Å²) in [7, 11) is 1.45. The lowest BCUT2D eigenvalue weighted by Gasteiger charge is -2.13. The van der Waals surface area contributed by atoms with Gasteiger partial charge in [0.25, 0.3) is 5.91 Å². The smallest absolute Gasteiger partial charge is 0.259 e. The fraction of sp³-hybridized carbons (Fsp3) is 0.188. The SMILES string of the molecule is COc1cccc(C(=O)Nc2c(C)cccc2C)c1O. The summed E-state index contributed by atoms with van der Waals surface area (Å²) in [6.07, 6.45) is 0. The maximum atomic E-state index is 12.3. The van der Waals surface area contributed by atoms with Crippen molar-refractivity contribution in [3.63, 3.8) is 0 Å². The van der Waals surface area contributed by atoms with Crippen molar-refractivity contribution in [1.29, 1.82) is 0 Å². The van der Waals surface area contributed by atoms with Crippen LogP contribution in [0.2, 0.25) is 0 Å². The van der Waals surface area contributed by atoms with Gasteiger partial charge in [0.2, 0.25) is 0 Å². The molecule has 4 nitrogen and oxygen atoms in total. The molecule has 1 amide bonds. The number of rotatable bonds is 3. The number of hydrogen-bond acceptors (Lipinski definition) is 3. The minimum absolute atomic E-state index is 0.154. The molecule has 0 saturated carbocycles. The maximum Gasteiger partial charge on any atom is 0.259 e. The highest BCUT2D eigenvalue weighted by Gasteiger charge is 2.16. The minimum Gasteiger partial charge on any atom is -0.504 e. The van der Waals surface area contributed by atoms with Gasteiger partial charge >= 0.3 is 0 Å². The lowest BCUT2D eigenvalue weighted by molar-refractivity contribution is 0.102. The number of ether oxygens (including phenoxy) is 1. The van der Waals surface area contributed by atoms with E-state index < -0.39 is 0 Å². The Hall–Kier alpha value is -2.49. The second-order valence-electron chi connectivity index (χ2n) is 4.58. The van der Waals surface area contributed by atoms with Crippen LogP contribution in [0.1, 0.15) is 21.5 Å². The van der Waals surface area contributed by atoms with Gasteiger partial charge in [-0.05, 0) is 37.1 Å². The summed E-state index contributed by atoms with van der Waals surface area (Å²) in [4.78, 5) is 12.3. The molecular weight excluding hydrogens is 254 g/mol. The summed E-state index contributed by atoms with van der Waals surface area (Å²) in [5, 5.41) is 12.8. The van der Waals surface area contributed by atoms with Crippen LogP contribution in [0.25, 0.3) is 0 Å². The van der Waals surface area contributed by atoms with E-state index in [0.29, 0.717) is 0 Å². The molecule has 4 heteroatoms. The maximum absolute atomic E-state index is 12.3. The Bertz CT molecular complexity index is 630. The highest BCUT2D eigenvalue weighted by molar-refractivity contribution is 6.07. The minimum atomic E-state index is -0.362. The van der Waals surface area contributed by atoms with Crippen molar-refractivity contribution in [2.75, 3.05) is 12.4 Å². The van der Waals surface area contributed by atoms with Crippen LogP contribution in [0, 0.1) is 13.8 Å². The molecule has 0 radical (unpaired) electrons. The molecule has 0 saturated heterocycles. The van der Waals surface area contributed by atoms with E-state index in [1.807, 2.05) is 32.0 Å². The van der Waals surface area contributed by atoms with Crippen molar-refractivity contribution in [1.82, 2.24) is 0 Å². The number of nitrogens with one attached hydrogen (secondary N) is 1. The largest absolute Gasteiger partial charge is 0.504 e. The first-order valence-corrected chi connectivity index (χ1v) is 6.28. The van der Waals surface area contributed by atoms with Gasteiger partial charge in [0.05, 0.1) is 12.7 Å². The number of phenols is 1. The standard InChI is InChI=1S/C16H17NO3/c1-10-6-4-7-11(2)14(10)17-16(19)12-8-5-9-13(20-3)15(12)18/h4-9,18H,1-3H3,(H,17,19). The third kappa shape index (κ3) is 2.59. The number of carbonyl (C=O) groups excluding carboxylic acids is 1. The number of anilines is 1. The lowest BCUT2D eigenvalue weighted by Crippen LogP contribution is -2.14. The predicted octanol–water partition coefficient (Wildman–Crippen LogP) is 3.27. The summed E-state index contributed by atoms with van der Waals surface area (Å²) in [6.45, 7) is 3.85. The highest BCUT2D eigenvalue weighted by Crippen LogP contribution is 2.30. The molecule has 0 spiro atoms. The number of para-hydroxylation sites is 2. The van der Waals surface area contributed by atoms with E-state index in [1.165, 1.54) is 7.11 Å². The van der Waals surface area contributed by atoms with Gasteiger partial charge in [-0.2, -0.15) is 0 Å². The van der Waals surface area contributed by atoms with Crippen LogP contribution in [0.15, 0.2) is 36.4 Å². The van der Waals surface area contributed by atoms with Gasteiger partial charge in [0.1, 0.15) is 0 Å². The molecule has 0 aromatic heterocycles. The molecule has 2 rings (SSSR count). The van der Waals surface area contributed by atoms with E-state index in [9.17, 15) is 9.90 Å². The van der Waals surface area contributed by atoms with Crippen molar-refractivity contribution < 1.29 is 14.6 Å². The number of methoxy groups -OCH3 is 1. The van der Waals surface area contributed by atoms with Gasteiger partial charge in [0.15, 0.2) is 11.5 Å². The van der Waals surface area contributed by atoms with E-state index in [2.05, 4.69) is 5.32 Å². The Kier molecular flexibility index (Phi) is 3.94. The van der Waals surface area contributed by atoms with Crippen LogP contribution < -0.4 is 10.1 Å². The van der Waals surface area contributed by atoms with Crippen molar-refractivity contribution in [2.24, 2.45) is 0 Å². The van der Waals surface area contributed by atoms with Crippen LogP contribution >= 0.6 is 0 Å². The molecule has 2 aromatic carbocycles. The van der Waals surface area contributed by atoms with Crippen LogP contribution in [0.5, 0.6) is 11.5 Å². The first-order chi connectivity index (χ1) is 9.54. The number of amides is 1. The van der Waals surface area contributed by atoms with Gasteiger partial charge in [-0.25, -0.2) is 0 Å². The molecule has 0 aliphatic carbocycles. The van der Waals surface area contributed by atoms with E-state index >= 15 is 0 Å². The molecule has 2 aromatic rings. The van der Waals surface area contributed by atoms with Crippen LogP contribution in [-0.2, 0) is 0 Å². The van der Waals surface area contributed by atoms with E-state index in [0.717, 1.165) is 16.8 Å². The molecule has 0 fully saturated rings. The summed E-state index contributed by atoms with van der Waals surface area (Å²) >= 11 is 0. The first-order valence-electron chi connectivity index (χ1n) is 6.28. The summed E-state index contributed by atoms with van der Waals surface area (Å²) in [5.41, 5.74) is 2.90. The number of aryl methyl sites for hydroxylation is 2. The zero-order chi connectivity index (χ0) is 14.7. The zero-order valence-electron chi connectivity index (χ0n) is 11.7. The Labute approximate surface area is 118 Å². The van der Waals surface area contributed by atoms with E-state index in [1.54, 1.807) is 18.2 Å². The fourth-order valence-electron chi connectivity index (χ4n) is 2.06. The molecule has 104 valence electrons. The summed E-state index contributed by atoms with van der Waals surface area (Å²) in [6, 6.07) is 10.6. The molecule has 0 atom stereocenters. The van der Waals surface area contributed by atoms with Crippen LogP contribution in [0.3, 0.4) is 0 Å². The van der Waals surface area contributed by atoms with Crippen LogP contribution in [0.4, 0.5) is 5.69 Å². The van der Waals surface area contributed by atoms with Gasteiger partial charge < -0.3 is 15.2 Å². The van der Waals surface area contributed by atoms with E-state index in [-0.39, 0.29) is 23.0 Å². The quantitative estimate of drug-likeness (QED) is 0.900. The normalized spacial score (nSPS) is 10.2. The van der Waals surface area contributed by atoms with Gasteiger partial charge in [-0.15, -0.1) is 0 Å². The Morgan fingerprint density at radius 1 is 1.10 bits per heavy atom. The van der Waals surface area contributed by atoms with Gasteiger partial charge in [-0.1, -0.05) is 24.3 Å². The molecule has 0 heterocycles. The fourth-order valence-corrected chi connectivity index (χ4v) is 2.06. The number of benzene rings is 2. The summed E-state index contributed by atoms with van der Waals surface area (Å²) < 4.78 is 5.00. The van der Waals surface area contributed by atoms with Crippen molar-refractivity contribution in [2.45, 2.75) is 13.8 Å². The summed E-state index contributed by atoms with van der Waals surface area (Å²) in [5.74, 6) is -0.239. The Balaban J connectivity index is 2.34. The molecule has 0 unspecified atom stereocenters. The second kappa shape index (κ2) is 5.65. The Morgan fingerprint density at radius 3 is 2.30 bits per heavy atom. The number of aromatic hydroxyl groups is 1. The van der Waals surface area contributed by atoms with Crippen LogP contribution in [-0.4, -0.2) is 18.1 Å². The van der Waals surface area contributed by atoms with E-state index in [4.69, 9.17) is 4.74 Å². The molecule has 0 aliphatic heterocycles. The molecule has 0 bridgehead atoms. The van der Waals surface area contributed by atoms with Crippen molar-refractivity contribution in [3.05, 3.63) is 53.1 Å². The average Bonchev–Trinajstić information content (AvgIpc) is 2.43. The Morgan fingerprint density at radius 2 is 1.70 bits per heavy atom. The second-order valence-corrected chi connectivity index (χ2v) is 4.58. The number of carbonyl (C=O) groups is 1. The topological polar surface area (TPSA) is 58.6 Å². The van der Waals surface area contributed by atoms with Gasteiger partial charge in [0, 0.05) is 5.69 Å². The number of hydrogen-bond donors (Lipinski definition) is 2. The lowest BCUT2D eigenvalue weighted by atomic mass is 10.1.